The molecule has 84 valence electrons. The average molecular weight is 219 g/mol. The number of carbonyl (C=O) groups is 1. The highest BCUT2D eigenvalue weighted by Crippen LogP contribution is 2.26. The summed E-state index contributed by atoms with van der Waals surface area (Å²) >= 11 is 0. The van der Waals surface area contributed by atoms with Gasteiger partial charge >= 0.3 is 0 Å². The summed E-state index contributed by atoms with van der Waals surface area (Å²) in [6, 6.07) is 0. The number of ether oxygens (including phenoxy) is 1. The highest BCUT2D eigenvalue weighted by molar-refractivity contribution is 5.99. The van der Waals surface area contributed by atoms with Crippen LogP contribution >= 0.6 is 0 Å². The van der Waals surface area contributed by atoms with E-state index < -0.39 is 0 Å². The third-order valence-corrected chi connectivity index (χ3v) is 3.36. The fraction of sp³-hybridized carbons (Fsp3) is 0.500. The molecule has 0 saturated heterocycles. The Hall–Kier alpha value is -1.42. The maximum atomic E-state index is 11.9. The van der Waals surface area contributed by atoms with E-state index in [9.17, 15) is 9.59 Å². The Morgan fingerprint density at radius 1 is 1.06 bits per heavy atom. The van der Waals surface area contributed by atoms with Crippen LogP contribution in [0.1, 0.15) is 40.0 Å². The van der Waals surface area contributed by atoms with E-state index in [1.165, 1.54) is 0 Å². The molecule has 16 heavy (non-hydrogen) atoms. The molecule has 2 aliphatic rings. The van der Waals surface area contributed by atoms with Crippen LogP contribution in [0.2, 0.25) is 0 Å². The van der Waals surface area contributed by atoms with Crippen LogP contribution in [0.3, 0.4) is 0 Å². The lowest BCUT2D eigenvalue weighted by molar-refractivity contribution is 0.0937. The standard InChI is InChI=1S/C12H13NO3/c14-10-3-1-2-9-11(10)8-6-16-5-4-7(8)12(15)13-9/h1-6H2,(H,13,15). The minimum absolute atomic E-state index is 0.0354. The number of hydrogen-bond acceptors (Lipinski definition) is 3. The van der Waals surface area contributed by atoms with Crippen LogP contribution in [0.5, 0.6) is 0 Å². The summed E-state index contributed by atoms with van der Waals surface area (Å²) in [6.07, 6.45) is 2.84. The first kappa shape index (κ1) is 9.78. The first-order valence-corrected chi connectivity index (χ1v) is 5.65. The van der Waals surface area contributed by atoms with Crippen molar-refractivity contribution in [1.82, 2.24) is 4.98 Å². The molecule has 0 atom stereocenters. The fourth-order valence-electron chi connectivity index (χ4n) is 2.59. The van der Waals surface area contributed by atoms with Gasteiger partial charge in [-0.1, -0.05) is 0 Å². The van der Waals surface area contributed by atoms with E-state index >= 15 is 0 Å². The predicted molar refractivity (Wildman–Crippen MR) is 57.7 cm³/mol. The van der Waals surface area contributed by atoms with Gasteiger partial charge in [-0.05, 0) is 18.4 Å². The van der Waals surface area contributed by atoms with Crippen LogP contribution in [-0.4, -0.2) is 17.4 Å². The van der Waals surface area contributed by atoms with E-state index in [1.807, 2.05) is 0 Å². The third kappa shape index (κ3) is 1.33. The minimum Gasteiger partial charge on any atom is -0.376 e. The van der Waals surface area contributed by atoms with Crippen molar-refractivity contribution in [2.24, 2.45) is 0 Å². The van der Waals surface area contributed by atoms with Gasteiger partial charge in [-0.25, -0.2) is 0 Å². The second-order valence-electron chi connectivity index (χ2n) is 4.34. The van der Waals surface area contributed by atoms with Crippen LogP contribution in [0.15, 0.2) is 4.79 Å². The van der Waals surface area contributed by atoms with Gasteiger partial charge in [-0.15, -0.1) is 0 Å². The molecule has 0 aromatic carbocycles. The monoisotopic (exact) mass is 219 g/mol. The van der Waals surface area contributed by atoms with E-state index in [0.29, 0.717) is 26.1 Å². The van der Waals surface area contributed by atoms with Crippen molar-refractivity contribution in [2.45, 2.75) is 32.3 Å². The lowest BCUT2D eigenvalue weighted by Gasteiger charge is -2.23. The molecule has 1 aromatic heterocycles. The molecule has 1 N–H and O–H groups in total. The molecule has 3 rings (SSSR count). The van der Waals surface area contributed by atoms with Crippen LogP contribution in [-0.2, 0) is 24.2 Å². The third-order valence-electron chi connectivity index (χ3n) is 3.36. The van der Waals surface area contributed by atoms with Crippen LogP contribution in [0.25, 0.3) is 0 Å². The molecule has 1 aliphatic carbocycles. The molecule has 0 fully saturated rings. The molecule has 0 bridgehead atoms. The number of nitrogens with one attached hydrogen (secondary N) is 1. The van der Waals surface area contributed by atoms with Gasteiger partial charge in [0.2, 0.25) is 0 Å². The number of ketones is 1. The number of H-pyrrole nitrogens is 1. The Morgan fingerprint density at radius 3 is 2.81 bits per heavy atom. The maximum Gasteiger partial charge on any atom is 0.251 e. The molecule has 1 aliphatic heterocycles. The molecule has 4 nitrogen and oxygen atoms in total. The molecule has 0 saturated carbocycles. The summed E-state index contributed by atoms with van der Waals surface area (Å²) in [5.41, 5.74) is 3.10. The van der Waals surface area contributed by atoms with Gasteiger partial charge in [0.25, 0.3) is 5.56 Å². The quantitative estimate of drug-likeness (QED) is 0.707. The Bertz CT molecular complexity index is 516. The molecule has 0 unspecified atom stereocenters. The summed E-state index contributed by atoms with van der Waals surface area (Å²) in [5.74, 6) is 0.152. The number of hydrogen-bond donors (Lipinski definition) is 1. The number of Topliss-reactive ketones (excluding diaryl/α,β-unsaturated/α-hetero) is 1. The minimum atomic E-state index is -0.0354. The molecular formula is C12H13NO3. The number of pyridine rings is 1. The second-order valence-corrected chi connectivity index (χ2v) is 4.34. The summed E-state index contributed by atoms with van der Waals surface area (Å²) in [5, 5.41) is 0. The van der Waals surface area contributed by atoms with E-state index in [0.717, 1.165) is 35.2 Å². The highest BCUT2D eigenvalue weighted by atomic mass is 16.5. The highest BCUT2D eigenvalue weighted by Gasteiger charge is 2.26. The number of carbonyl (C=O) groups excluding carboxylic acids is 1. The van der Waals surface area contributed by atoms with Crippen molar-refractivity contribution >= 4 is 5.78 Å². The summed E-state index contributed by atoms with van der Waals surface area (Å²) < 4.78 is 5.36. The number of rotatable bonds is 0. The molecular weight excluding hydrogens is 206 g/mol. The van der Waals surface area contributed by atoms with E-state index in [4.69, 9.17) is 4.74 Å². The zero-order valence-electron chi connectivity index (χ0n) is 8.97. The van der Waals surface area contributed by atoms with Crippen molar-refractivity contribution in [1.29, 1.82) is 0 Å². The van der Waals surface area contributed by atoms with E-state index in [-0.39, 0.29) is 11.3 Å². The largest absolute Gasteiger partial charge is 0.376 e. The summed E-state index contributed by atoms with van der Waals surface area (Å²) in [6.45, 7) is 0.983. The van der Waals surface area contributed by atoms with Gasteiger partial charge in [0.05, 0.1) is 13.2 Å². The van der Waals surface area contributed by atoms with Crippen LogP contribution < -0.4 is 5.56 Å². The van der Waals surface area contributed by atoms with E-state index in [2.05, 4.69) is 4.98 Å². The molecule has 0 amide bonds. The Morgan fingerprint density at radius 2 is 1.94 bits per heavy atom. The summed E-state index contributed by atoms with van der Waals surface area (Å²) in [7, 11) is 0. The number of aromatic amines is 1. The maximum absolute atomic E-state index is 11.9. The Kier molecular flexibility index (Phi) is 2.17. The average Bonchev–Trinajstić information content (AvgIpc) is 2.29. The number of aryl methyl sites for hydroxylation is 1. The van der Waals surface area contributed by atoms with Crippen LogP contribution in [0.4, 0.5) is 0 Å². The van der Waals surface area contributed by atoms with Gasteiger partial charge in [0, 0.05) is 29.7 Å². The molecule has 1 aromatic rings. The molecule has 0 radical (unpaired) electrons. The van der Waals surface area contributed by atoms with E-state index in [1.54, 1.807) is 0 Å². The normalized spacial score (nSPS) is 19.1. The lowest BCUT2D eigenvalue weighted by Crippen LogP contribution is -2.29. The first-order valence-electron chi connectivity index (χ1n) is 5.65. The van der Waals surface area contributed by atoms with Crippen molar-refractivity contribution in [3.05, 3.63) is 32.7 Å². The Balaban J connectivity index is 2.29. The van der Waals surface area contributed by atoms with Crippen molar-refractivity contribution < 1.29 is 9.53 Å². The Labute approximate surface area is 92.6 Å². The zero-order chi connectivity index (χ0) is 11.1. The smallest absolute Gasteiger partial charge is 0.251 e. The SMILES string of the molecule is O=C1CCCc2[nH]c(=O)c3c(c21)COCC3. The van der Waals surface area contributed by atoms with Gasteiger partial charge in [0.1, 0.15) is 0 Å². The second kappa shape index (κ2) is 3.56. The molecule has 4 heteroatoms. The zero-order valence-corrected chi connectivity index (χ0v) is 8.97. The first-order chi connectivity index (χ1) is 7.77. The predicted octanol–water partition coefficient (Wildman–Crippen LogP) is 0.967. The van der Waals surface area contributed by atoms with Crippen LogP contribution in [0, 0.1) is 0 Å². The lowest BCUT2D eigenvalue weighted by atomic mass is 9.88. The number of aromatic nitrogens is 1. The topological polar surface area (TPSA) is 59.2 Å². The van der Waals surface area contributed by atoms with Crippen molar-refractivity contribution in [3.8, 4) is 0 Å². The van der Waals surface area contributed by atoms with Gasteiger partial charge < -0.3 is 9.72 Å². The molecule has 2 heterocycles. The number of fused-ring (bicyclic) bond motifs is 3. The van der Waals surface area contributed by atoms with Gasteiger partial charge in [-0.3, -0.25) is 9.59 Å². The molecule has 0 spiro atoms. The van der Waals surface area contributed by atoms with Gasteiger partial charge in [0.15, 0.2) is 5.78 Å². The van der Waals surface area contributed by atoms with Crippen molar-refractivity contribution in [2.75, 3.05) is 6.61 Å². The van der Waals surface area contributed by atoms with Crippen molar-refractivity contribution in [3.63, 3.8) is 0 Å². The van der Waals surface area contributed by atoms with Gasteiger partial charge in [-0.2, -0.15) is 0 Å². The summed E-state index contributed by atoms with van der Waals surface area (Å²) in [4.78, 5) is 26.6. The fourth-order valence-corrected chi connectivity index (χ4v) is 2.59.